The monoisotopic (exact) mass is 243 g/mol. The number of aliphatic carboxylic acids is 1. The number of hydrogen-bond acceptors (Lipinski definition) is 3. The molecule has 0 spiro atoms. The largest absolute Gasteiger partial charge is 0.480 e. The van der Waals surface area contributed by atoms with E-state index in [1.54, 1.807) is 14.0 Å². The fourth-order valence-corrected chi connectivity index (χ4v) is 2.81. The lowest BCUT2D eigenvalue weighted by atomic mass is 9.89. The van der Waals surface area contributed by atoms with E-state index >= 15 is 0 Å². The highest BCUT2D eigenvalue weighted by Crippen LogP contribution is 2.26. The fourth-order valence-electron chi connectivity index (χ4n) is 2.81. The molecule has 0 saturated heterocycles. The van der Waals surface area contributed by atoms with E-state index in [4.69, 9.17) is 4.74 Å². The minimum absolute atomic E-state index is 0.154. The van der Waals surface area contributed by atoms with E-state index in [0.717, 1.165) is 19.3 Å². The molecule has 0 amide bonds. The lowest BCUT2D eigenvalue weighted by Crippen LogP contribution is -2.56. The van der Waals surface area contributed by atoms with Crippen LogP contribution in [0.3, 0.4) is 0 Å². The molecule has 0 aromatic carbocycles. The van der Waals surface area contributed by atoms with E-state index in [-0.39, 0.29) is 12.1 Å². The van der Waals surface area contributed by atoms with E-state index in [2.05, 4.69) is 5.32 Å². The Morgan fingerprint density at radius 1 is 1.53 bits per heavy atom. The quantitative estimate of drug-likeness (QED) is 0.749. The molecule has 3 unspecified atom stereocenters. The van der Waals surface area contributed by atoms with E-state index in [0.29, 0.717) is 12.3 Å². The summed E-state index contributed by atoms with van der Waals surface area (Å²) in [5.41, 5.74) is -0.847. The first-order valence-electron chi connectivity index (χ1n) is 6.43. The molecular weight excluding hydrogens is 218 g/mol. The number of carboxylic acid groups (broad SMARTS) is 1. The second kappa shape index (κ2) is 5.83. The summed E-state index contributed by atoms with van der Waals surface area (Å²) in [6.45, 7) is 5.87. The highest BCUT2D eigenvalue weighted by molar-refractivity contribution is 5.78. The van der Waals surface area contributed by atoms with Gasteiger partial charge in [0.25, 0.3) is 0 Å². The molecule has 3 atom stereocenters. The maximum absolute atomic E-state index is 11.4. The summed E-state index contributed by atoms with van der Waals surface area (Å²) >= 11 is 0. The second-order valence-corrected chi connectivity index (χ2v) is 5.69. The van der Waals surface area contributed by atoms with Crippen LogP contribution in [0.15, 0.2) is 0 Å². The van der Waals surface area contributed by atoms with Crippen molar-refractivity contribution in [1.29, 1.82) is 0 Å². The summed E-state index contributed by atoms with van der Waals surface area (Å²) in [5, 5.41) is 12.7. The Labute approximate surface area is 104 Å². The van der Waals surface area contributed by atoms with Gasteiger partial charge in [-0.3, -0.25) is 10.1 Å². The molecule has 1 rings (SSSR count). The lowest BCUT2D eigenvalue weighted by molar-refractivity contribution is -0.145. The molecule has 17 heavy (non-hydrogen) atoms. The number of ether oxygens (including phenoxy) is 1. The number of nitrogens with one attached hydrogen (secondary N) is 1. The molecule has 0 aromatic heterocycles. The zero-order valence-electron chi connectivity index (χ0n) is 11.3. The molecule has 2 N–H and O–H groups in total. The zero-order valence-corrected chi connectivity index (χ0v) is 11.3. The summed E-state index contributed by atoms with van der Waals surface area (Å²) in [5.74, 6) is -0.418. The standard InChI is InChI=1S/C13H25NO3/c1-9(2)8-13(3,12(15)16)14-10-6-5-7-11(10)17-4/h9-11,14H,5-8H2,1-4H3,(H,15,16). The Morgan fingerprint density at radius 2 is 2.18 bits per heavy atom. The van der Waals surface area contributed by atoms with Crippen molar-refractivity contribution in [3.05, 3.63) is 0 Å². The maximum Gasteiger partial charge on any atom is 0.323 e. The van der Waals surface area contributed by atoms with Crippen LogP contribution in [-0.2, 0) is 9.53 Å². The SMILES string of the molecule is COC1CCCC1NC(C)(CC(C)C)C(=O)O. The van der Waals surface area contributed by atoms with Crippen LogP contribution < -0.4 is 5.32 Å². The number of carbonyl (C=O) groups is 1. The minimum atomic E-state index is -0.847. The van der Waals surface area contributed by atoms with E-state index in [1.807, 2.05) is 13.8 Å². The van der Waals surface area contributed by atoms with Gasteiger partial charge in [0.05, 0.1) is 6.10 Å². The highest BCUT2D eigenvalue weighted by atomic mass is 16.5. The van der Waals surface area contributed by atoms with Gasteiger partial charge in [-0.25, -0.2) is 0 Å². The van der Waals surface area contributed by atoms with Crippen molar-refractivity contribution in [3.63, 3.8) is 0 Å². The third-order valence-corrected chi connectivity index (χ3v) is 3.55. The molecule has 0 aromatic rings. The number of carboxylic acids is 1. The molecule has 0 aliphatic heterocycles. The molecule has 4 heteroatoms. The van der Waals surface area contributed by atoms with Crippen LogP contribution >= 0.6 is 0 Å². The summed E-state index contributed by atoms with van der Waals surface area (Å²) in [4.78, 5) is 11.4. The number of hydrogen-bond donors (Lipinski definition) is 2. The van der Waals surface area contributed by atoms with Crippen LogP contribution in [0.2, 0.25) is 0 Å². The first-order chi connectivity index (χ1) is 7.89. The van der Waals surface area contributed by atoms with Gasteiger partial charge in [0.1, 0.15) is 5.54 Å². The molecule has 1 aliphatic rings. The summed E-state index contributed by atoms with van der Waals surface area (Å²) in [6.07, 6.45) is 3.91. The summed E-state index contributed by atoms with van der Waals surface area (Å²) in [7, 11) is 1.70. The Kier molecular flexibility index (Phi) is 4.95. The highest BCUT2D eigenvalue weighted by Gasteiger charge is 2.39. The predicted molar refractivity (Wildman–Crippen MR) is 67.1 cm³/mol. The van der Waals surface area contributed by atoms with Gasteiger partial charge in [-0.15, -0.1) is 0 Å². The van der Waals surface area contributed by atoms with E-state index in [9.17, 15) is 9.90 Å². The van der Waals surface area contributed by atoms with Gasteiger partial charge in [0, 0.05) is 13.2 Å². The van der Waals surface area contributed by atoms with Crippen LogP contribution in [0.5, 0.6) is 0 Å². The second-order valence-electron chi connectivity index (χ2n) is 5.69. The van der Waals surface area contributed by atoms with Gasteiger partial charge < -0.3 is 9.84 Å². The third kappa shape index (κ3) is 3.68. The van der Waals surface area contributed by atoms with Crippen LogP contribution in [0.1, 0.15) is 46.5 Å². The van der Waals surface area contributed by atoms with Crippen LogP contribution in [-0.4, -0.2) is 35.9 Å². The Bertz CT molecular complexity index is 267. The van der Waals surface area contributed by atoms with Crippen LogP contribution in [0.25, 0.3) is 0 Å². The Balaban J connectivity index is 2.69. The zero-order chi connectivity index (χ0) is 13.1. The molecule has 100 valence electrons. The summed E-state index contributed by atoms with van der Waals surface area (Å²) < 4.78 is 5.40. The van der Waals surface area contributed by atoms with Gasteiger partial charge in [0.15, 0.2) is 0 Å². The first kappa shape index (κ1) is 14.5. The maximum atomic E-state index is 11.4. The number of methoxy groups -OCH3 is 1. The molecule has 0 radical (unpaired) electrons. The molecule has 0 heterocycles. The minimum Gasteiger partial charge on any atom is -0.480 e. The van der Waals surface area contributed by atoms with Crippen molar-refractivity contribution >= 4 is 5.97 Å². The Hall–Kier alpha value is -0.610. The molecular formula is C13H25NO3. The topological polar surface area (TPSA) is 58.6 Å². The molecule has 1 saturated carbocycles. The van der Waals surface area contributed by atoms with Gasteiger partial charge >= 0.3 is 5.97 Å². The van der Waals surface area contributed by atoms with Gasteiger partial charge in [0.2, 0.25) is 0 Å². The smallest absolute Gasteiger partial charge is 0.323 e. The lowest BCUT2D eigenvalue weighted by Gasteiger charge is -2.33. The van der Waals surface area contributed by atoms with E-state index in [1.165, 1.54) is 0 Å². The van der Waals surface area contributed by atoms with Crippen LogP contribution in [0, 0.1) is 5.92 Å². The molecule has 4 nitrogen and oxygen atoms in total. The fraction of sp³-hybridized carbons (Fsp3) is 0.923. The van der Waals surface area contributed by atoms with Crippen molar-refractivity contribution < 1.29 is 14.6 Å². The van der Waals surface area contributed by atoms with Crippen molar-refractivity contribution in [2.75, 3.05) is 7.11 Å². The van der Waals surface area contributed by atoms with Gasteiger partial charge in [-0.2, -0.15) is 0 Å². The molecule has 1 aliphatic carbocycles. The van der Waals surface area contributed by atoms with Crippen molar-refractivity contribution in [1.82, 2.24) is 5.32 Å². The predicted octanol–water partition coefficient (Wildman–Crippen LogP) is 2.03. The van der Waals surface area contributed by atoms with Crippen LogP contribution in [0.4, 0.5) is 0 Å². The van der Waals surface area contributed by atoms with E-state index < -0.39 is 11.5 Å². The summed E-state index contributed by atoms with van der Waals surface area (Å²) in [6, 6.07) is 0.167. The third-order valence-electron chi connectivity index (χ3n) is 3.55. The molecule has 1 fully saturated rings. The van der Waals surface area contributed by atoms with Crippen molar-refractivity contribution in [2.24, 2.45) is 5.92 Å². The Morgan fingerprint density at radius 3 is 2.65 bits per heavy atom. The first-order valence-corrected chi connectivity index (χ1v) is 6.43. The van der Waals surface area contributed by atoms with Gasteiger partial charge in [-0.1, -0.05) is 13.8 Å². The average molecular weight is 243 g/mol. The van der Waals surface area contributed by atoms with Crippen molar-refractivity contribution in [3.8, 4) is 0 Å². The van der Waals surface area contributed by atoms with Crippen molar-refractivity contribution in [2.45, 2.75) is 64.1 Å². The molecule has 0 bridgehead atoms. The van der Waals surface area contributed by atoms with Gasteiger partial charge in [-0.05, 0) is 38.5 Å². The average Bonchev–Trinajstić information content (AvgIpc) is 2.63. The normalized spacial score (nSPS) is 28.3. The number of rotatable bonds is 6.